The van der Waals surface area contributed by atoms with Crippen molar-refractivity contribution in [1.82, 2.24) is 0 Å². The highest BCUT2D eigenvalue weighted by molar-refractivity contribution is 6.23. The number of benzene rings is 4. The second-order valence-corrected chi connectivity index (χ2v) is 8.65. The Morgan fingerprint density at radius 1 is 0.733 bits per heavy atom. The van der Waals surface area contributed by atoms with E-state index in [1.807, 2.05) is 0 Å². The highest BCUT2D eigenvalue weighted by atomic mass is 16.5. The molecule has 30 heavy (non-hydrogen) atoms. The van der Waals surface area contributed by atoms with Crippen LogP contribution in [0.3, 0.4) is 0 Å². The molecule has 0 spiro atoms. The zero-order valence-electron chi connectivity index (χ0n) is 18.2. The molecule has 4 aromatic rings. The lowest BCUT2D eigenvalue weighted by molar-refractivity contribution is 0.0549. The first kappa shape index (κ1) is 21.1. The Balaban J connectivity index is 1.30. The minimum Gasteiger partial charge on any atom is -0.396 e. The summed E-state index contributed by atoms with van der Waals surface area (Å²) in [6.07, 6.45) is 9.31. The number of unbranched alkanes of at least 4 members (excludes halogenated alkanes) is 4. The van der Waals surface area contributed by atoms with Gasteiger partial charge in [-0.3, -0.25) is 0 Å². The van der Waals surface area contributed by atoms with Crippen molar-refractivity contribution < 1.29 is 9.84 Å². The Hall–Kier alpha value is -2.16. The van der Waals surface area contributed by atoms with Crippen molar-refractivity contribution in [3.63, 3.8) is 0 Å². The highest BCUT2D eigenvalue weighted by Crippen LogP contribution is 2.36. The lowest BCUT2D eigenvalue weighted by Crippen LogP contribution is -2.09. The summed E-state index contributed by atoms with van der Waals surface area (Å²) < 4.78 is 5.89. The van der Waals surface area contributed by atoms with Crippen LogP contribution in [0.1, 0.15) is 57.4 Å². The van der Waals surface area contributed by atoms with E-state index in [0.29, 0.717) is 12.7 Å². The first-order valence-electron chi connectivity index (χ1n) is 11.7. The fraction of sp³-hybridized carbons (Fsp3) is 0.429. The molecule has 0 bridgehead atoms. The Morgan fingerprint density at radius 3 is 2.23 bits per heavy atom. The van der Waals surface area contributed by atoms with E-state index in [1.165, 1.54) is 57.1 Å². The van der Waals surface area contributed by atoms with Crippen LogP contribution in [0.15, 0.2) is 54.6 Å². The second kappa shape index (κ2) is 10.2. The molecule has 0 saturated heterocycles. The van der Waals surface area contributed by atoms with E-state index in [1.54, 1.807) is 0 Å². The lowest BCUT2D eigenvalue weighted by atomic mass is 9.90. The smallest absolute Gasteiger partial charge is 0.0547 e. The number of aryl methyl sites for hydroxylation is 1. The maximum absolute atomic E-state index is 8.85. The quantitative estimate of drug-likeness (QED) is 0.200. The molecular formula is C28H34O2. The van der Waals surface area contributed by atoms with E-state index in [-0.39, 0.29) is 0 Å². The Labute approximate surface area is 180 Å². The molecule has 0 aliphatic carbocycles. The monoisotopic (exact) mass is 402 g/mol. The molecule has 0 aliphatic rings. The van der Waals surface area contributed by atoms with Crippen LogP contribution >= 0.6 is 0 Å². The van der Waals surface area contributed by atoms with E-state index in [4.69, 9.17) is 9.84 Å². The van der Waals surface area contributed by atoms with Crippen molar-refractivity contribution in [1.29, 1.82) is 0 Å². The van der Waals surface area contributed by atoms with E-state index in [0.717, 1.165) is 38.7 Å². The van der Waals surface area contributed by atoms with Crippen LogP contribution in [-0.4, -0.2) is 24.4 Å². The van der Waals surface area contributed by atoms with Gasteiger partial charge in [0.05, 0.1) is 6.10 Å². The van der Waals surface area contributed by atoms with Gasteiger partial charge in [0, 0.05) is 13.2 Å². The standard InChI is InChI=1S/C28H34O2/c1-21(9-5-6-19-29)30-20-7-3-2-4-10-22-13-14-25-16-15-23-11-8-12-24-17-18-26(22)28(25)27(23)24/h8,11-18,21,29H,2-7,9-10,19-20H2,1H3. The molecule has 0 fully saturated rings. The van der Waals surface area contributed by atoms with Gasteiger partial charge in [0.1, 0.15) is 0 Å². The Morgan fingerprint density at radius 2 is 1.43 bits per heavy atom. The van der Waals surface area contributed by atoms with E-state index in [9.17, 15) is 0 Å². The lowest BCUT2D eigenvalue weighted by Gasteiger charge is -2.14. The molecule has 4 aromatic carbocycles. The molecule has 158 valence electrons. The summed E-state index contributed by atoms with van der Waals surface area (Å²) in [5.74, 6) is 0. The maximum atomic E-state index is 8.85. The average Bonchev–Trinajstić information content (AvgIpc) is 2.77. The molecule has 0 heterocycles. The molecule has 2 nitrogen and oxygen atoms in total. The molecule has 0 aliphatic heterocycles. The van der Waals surface area contributed by atoms with Crippen molar-refractivity contribution in [3.05, 3.63) is 60.2 Å². The topological polar surface area (TPSA) is 29.5 Å². The summed E-state index contributed by atoms with van der Waals surface area (Å²) in [6.45, 7) is 3.29. The molecule has 0 amide bonds. The summed E-state index contributed by atoms with van der Waals surface area (Å²) in [4.78, 5) is 0. The van der Waals surface area contributed by atoms with Crippen molar-refractivity contribution in [2.45, 2.75) is 64.4 Å². The third kappa shape index (κ3) is 4.77. The van der Waals surface area contributed by atoms with Crippen LogP contribution in [0.4, 0.5) is 0 Å². The van der Waals surface area contributed by atoms with Crippen LogP contribution in [0, 0.1) is 0 Å². The molecule has 2 heteroatoms. The van der Waals surface area contributed by atoms with Gasteiger partial charge in [0.25, 0.3) is 0 Å². The van der Waals surface area contributed by atoms with Gasteiger partial charge in [-0.15, -0.1) is 0 Å². The minimum absolute atomic E-state index is 0.290. The molecule has 0 radical (unpaired) electrons. The summed E-state index contributed by atoms with van der Waals surface area (Å²) >= 11 is 0. The van der Waals surface area contributed by atoms with Crippen molar-refractivity contribution >= 4 is 32.3 Å². The van der Waals surface area contributed by atoms with Gasteiger partial charge < -0.3 is 9.84 Å². The van der Waals surface area contributed by atoms with Crippen LogP contribution in [-0.2, 0) is 11.2 Å². The normalized spacial score (nSPS) is 13.0. The van der Waals surface area contributed by atoms with E-state index in [2.05, 4.69) is 61.5 Å². The van der Waals surface area contributed by atoms with Gasteiger partial charge >= 0.3 is 0 Å². The second-order valence-electron chi connectivity index (χ2n) is 8.65. The van der Waals surface area contributed by atoms with Crippen LogP contribution in [0.25, 0.3) is 32.3 Å². The van der Waals surface area contributed by atoms with Gasteiger partial charge in [-0.1, -0.05) is 67.4 Å². The fourth-order valence-electron chi connectivity index (χ4n) is 4.70. The molecule has 4 rings (SSSR count). The minimum atomic E-state index is 0.290. The van der Waals surface area contributed by atoms with Gasteiger partial charge in [0.2, 0.25) is 0 Å². The van der Waals surface area contributed by atoms with Gasteiger partial charge in [-0.2, -0.15) is 0 Å². The maximum Gasteiger partial charge on any atom is 0.0547 e. The average molecular weight is 403 g/mol. The largest absolute Gasteiger partial charge is 0.396 e. The first-order valence-corrected chi connectivity index (χ1v) is 11.7. The number of ether oxygens (including phenoxy) is 1. The Bertz CT molecular complexity index is 1050. The third-order valence-corrected chi connectivity index (χ3v) is 6.38. The zero-order chi connectivity index (χ0) is 20.8. The first-order chi connectivity index (χ1) is 14.8. The summed E-state index contributed by atoms with van der Waals surface area (Å²) in [5, 5.41) is 17.2. The van der Waals surface area contributed by atoms with Crippen LogP contribution < -0.4 is 0 Å². The fourth-order valence-corrected chi connectivity index (χ4v) is 4.70. The Kier molecular flexibility index (Phi) is 7.20. The zero-order valence-corrected chi connectivity index (χ0v) is 18.2. The SMILES string of the molecule is CC(CCCCO)OCCCCCCc1ccc2ccc3cccc4ccc1c2c34. The van der Waals surface area contributed by atoms with E-state index < -0.39 is 0 Å². The molecular weight excluding hydrogens is 368 g/mol. The van der Waals surface area contributed by atoms with Crippen molar-refractivity contribution in [3.8, 4) is 0 Å². The van der Waals surface area contributed by atoms with Crippen LogP contribution in [0.5, 0.6) is 0 Å². The summed E-state index contributed by atoms with van der Waals surface area (Å²) in [7, 11) is 0. The van der Waals surface area contributed by atoms with Crippen LogP contribution in [0.2, 0.25) is 0 Å². The van der Waals surface area contributed by atoms with Crippen molar-refractivity contribution in [2.24, 2.45) is 0 Å². The number of rotatable bonds is 12. The summed E-state index contributed by atoms with van der Waals surface area (Å²) in [5.41, 5.74) is 1.48. The molecule has 1 atom stereocenters. The summed E-state index contributed by atoms with van der Waals surface area (Å²) in [6, 6.07) is 20.4. The number of hydrogen-bond donors (Lipinski definition) is 1. The van der Waals surface area contributed by atoms with Gasteiger partial charge in [-0.05, 0) is 83.3 Å². The number of aliphatic hydroxyl groups excluding tert-OH is 1. The third-order valence-electron chi connectivity index (χ3n) is 6.38. The molecule has 0 aromatic heterocycles. The number of aliphatic hydroxyl groups is 1. The molecule has 1 unspecified atom stereocenters. The molecule has 1 N–H and O–H groups in total. The van der Waals surface area contributed by atoms with E-state index >= 15 is 0 Å². The van der Waals surface area contributed by atoms with Crippen molar-refractivity contribution in [2.75, 3.05) is 13.2 Å². The molecule has 0 saturated carbocycles. The highest BCUT2D eigenvalue weighted by Gasteiger charge is 2.10. The predicted octanol–water partition coefficient (Wildman–Crippen LogP) is 7.25. The van der Waals surface area contributed by atoms with Gasteiger partial charge in [-0.25, -0.2) is 0 Å². The van der Waals surface area contributed by atoms with Gasteiger partial charge in [0.15, 0.2) is 0 Å². The number of hydrogen-bond acceptors (Lipinski definition) is 2. The predicted molar refractivity (Wildman–Crippen MR) is 129 cm³/mol.